The second-order valence-corrected chi connectivity index (χ2v) is 4.66. The zero-order chi connectivity index (χ0) is 14.3. The summed E-state index contributed by atoms with van der Waals surface area (Å²) in [6.07, 6.45) is 0. The number of ether oxygens (including phenoxy) is 1. The molecule has 0 fully saturated rings. The van der Waals surface area contributed by atoms with Crippen LogP contribution < -0.4 is 5.73 Å². The minimum Gasteiger partial charge on any atom is -0.461 e. The van der Waals surface area contributed by atoms with E-state index in [-0.39, 0.29) is 25.0 Å². The molecule has 1 amide bonds. The molecule has 0 spiro atoms. The van der Waals surface area contributed by atoms with Crippen LogP contribution in [0.4, 0.5) is 0 Å². The predicted octanol–water partition coefficient (Wildman–Crippen LogP) is 0.783. The molecule has 1 rings (SSSR count). The molecule has 0 aliphatic heterocycles. The summed E-state index contributed by atoms with van der Waals surface area (Å²) in [7, 11) is 1.74. The van der Waals surface area contributed by atoms with Gasteiger partial charge >= 0.3 is 5.97 Å². The fraction of sp³-hybridized carbons (Fsp3) is 0.429. The van der Waals surface area contributed by atoms with E-state index in [1.807, 2.05) is 30.3 Å². The molecule has 0 radical (unpaired) electrons. The van der Waals surface area contributed by atoms with Gasteiger partial charge in [-0.1, -0.05) is 37.3 Å². The number of benzene rings is 1. The first-order valence-electron chi connectivity index (χ1n) is 6.16. The summed E-state index contributed by atoms with van der Waals surface area (Å²) in [5.41, 5.74) is 6.04. The highest BCUT2D eigenvalue weighted by Gasteiger charge is 2.17. The molecule has 0 heterocycles. The van der Waals surface area contributed by atoms with Gasteiger partial charge in [0.1, 0.15) is 6.61 Å². The van der Waals surface area contributed by atoms with Crippen LogP contribution in [0.25, 0.3) is 0 Å². The molecule has 2 N–H and O–H groups in total. The minimum atomic E-state index is -0.410. The second kappa shape index (κ2) is 7.53. The van der Waals surface area contributed by atoms with Crippen molar-refractivity contribution in [2.24, 2.45) is 11.7 Å². The van der Waals surface area contributed by atoms with Crippen molar-refractivity contribution in [3.05, 3.63) is 35.9 Å². The van der Waals surface area contributed by atoms with Gasteiger partial charge in [0.05, 0.1) is 12.5 Å². The van der Waals surface area contributed by atoms with Gasteiger partial charge in [-0.15, -0.1) is 0 Å². The molecule has 0 saturated heterocycles. The zero-order valence-corrected chi connectivity index (χ0v) is 11.3. The third kappa shape index (κ3) is 6.01. The number of esters is 1. The molecular weight excluding hydrogens is 244 g/mol. The lowest BCUT2D eigenvalue weighted by molar-refractivity contribution is -0.150. The maximum atomic E-state index is 11.8. The summed E-state index contributed by atoms with van der Waals surface area (Å²) >= 11 is 0. The first kappa shape index (κ1) is 15.2. The Bertz CT molecular complexity index is 420. The lowest BCUT2D eigenvalue weighted by atomic mass is 10.1. The molecule has 0 aliphatic carbocycles. The van der Waals surface area contributed by atoms with Crippen molar-refractivity contribution in [1.82, 2.24) is 4.90 Å². The smallest absolute Gasteiger partial charge is 0.310 e. The number of hydrogen-bond donors (Lipinski definition) is 1. The van der Waals surface area contributed by atoms with Gasteiger partial charge in [-0.2, -0.15) is 0 Å². The number of nitrogens with two attached hydrogens (primary N) is 1. The number of primary amides is 1. The van der Waals surface area contributed by atoms with E-state index in [2.05, 4.69) is 0 Å². The number of hydrogen-bond acceptors (Lipinski definition) is 4. The van der Waals surface area contributed by atoms with Crippen molar-refractivity contribution < 1.29 is 14.3 Å². The summed E-state index contributed by atoms with van der Waals surface area (Å²) in [4.78, 5) is 24.2. The monoisotopic (exact) mass is 264 g/mol. The van der Waals surface area contributed by atoms with E-state index in [0.717, 1.165) is 5.56 Å². The van der Waals surface area contributed by atoms with Gasteiger partial charge < -0.3 is 10.5 Å². The number of likely N-dealkylation sites (N-methyl/N-ethyl adjacent to an activating group) is 1. The summed E-state index contributed by atoms with van der Waals surface area (Å²) in [6, 6.07) is 9.50. The molecule has 5 heteroatoms. The minimum absolute atomic E-state index is 0.135. The van der Waals surface area contributed by atoms with Gasteiger partial charge in [0, 0.05) is 6.54 Å². The summed E-state index contributed by atoms with van der Waals surface area (Å²) < 4.78 is 5.21. The average molecular weight is 264 g/mol. The Morgan fingerprint density at radius 1 is 1.32 bits per heavy atom. The van der Waals surface area contributed by atoms with Crippen LogP contribution in [0.5, 0.6) is 0 Å². The molecule has 19 heavy (non-hydrogen) atoms. The molecule has 1 aromatic rings. The first-order valence-corrected chi connectivity index (χ1v) is 6.16. The largest absolute Gasteiger partial charge is 0.461 e. The molecular formula is C14H20N2O3. The highest BCUT2D eigenvalue weighted by molar-refractivity contribution is 5.76. The van der Waals surface area contributed by atoms with Crippen molar-refractivity contribution in [3.8, 4) is 0 Å². The molecule has 1 atom stereocenters. The van der Waals surface area contributed by atoms with E-state index in [9.17, 15) is 9.59 Å². The summed E-state index contributed by atoms with van der Waals surface area (Å²) in [6.45, 7) is 2.61. The van der Waals surface area contributed by atoms with E-state index in [1.54, 1.807) is 18.9 Å². The van der Waals surface area contributed by atoms with Crippen LogP contribution in [-0.4, -0.2) is 36.9 Å². The van der Waals surface area contributed by atoms with Gasteiger partial charge in [0.15, 0.2) is 0 Å². The molecule has 104 valence electrons. The van der Waals surface area contributed by atoms with Gasteiger partial charge in [-0.3, -0.25) is 14.5 Å². The van der Waals surface area contributed by atoms with Crippen molar-refractivity contribution in [2.45, 2.75) is 13.5 Å². The number of carbonyl (C=O) groups is 2. The Hall–Kier alpha value is -1.88. The van der Waals surface area contributed by atoms with Crippen molar-refractivity contribution in [3.63, 3.8) is 0 Å². The Morgan fingerprint density at radius 2 is 1.95 bits per heavy atom. The van der Waals surface area contributed by atoms with Crippen LogP contribution in [0.15, 0.2) is 30.3 Å². The SMILES string of the molecule is CC(CN(C)CC(N)=O)C(=O)OCc1ccccc1. The maximum Gasteiger partial charge on any atom is 0.310 e. The Labute approximate surface area is 113 Å². The van der Waals surface area contributed by atoms with E-state index in [1.165, 1.54) is 0 Å². The number of amides is 1. The number of carbonyl (C=O) groups excluding carboxylic acids is 2. The zero-order valence-electron chi connectivity index (χ0n) is 11.3. The predicted molar refractivity (Wildman–Crippen MR) is 72.1 cm³/mol. The van der Waals surface area contributed by atoms with Crippen LogP contribution in [0.1, 0.15) is 12.5 Å². The quantitative estimate of drug-likeness (QED) is 0.739. The fourth-order valence-corrected chi connectivity index (χ4v) is 1.74. The summed E-state index contributed by atoms with van der Waals surface area (Å²) in [5, 5.41) is 0. The molecule has 0 saturated carbocycles. The third-order valence-corrected chi connectivity index (χ3v) is 2.64. The topological polar surface area (TPSA) is 72.6 Å². The second-order valence-electron chi connectivity index (χ2n) is 4.66. The van der Waals surface area contributed by atoms with Crippen molar-refractivity contribution in [1.29, 1.82) is 0 Å². The standard InChI is InChI=1S/C14H20N2O3/c1-11(8-16(2)9-13(15)17)14(18)19-10-12-6-4-3-5-7-12/h3-7,11H,8-10H2,1-2H3,(H2,15,17). The fourth-order valence-electron chi connectivity index (χ4n) is 1.74. The van der Waals surface area contributed by atoms with E-state index >= 15 is 0 Å². The number of nitrogens with zero attached hydrogens (tertiary/aromatic N) is 1. The highest BCUT2D eigenvalue weighted by atomic mass is 16.5. The molecule has 1 unspecified atom stereocenters. The molecule has 0 aliphatic rings. The van der Waals surface area contributed by atoms with E-state index in [0.29, 0.717) is 6.54 Å². The number of rotatable bonds is 7. The maximum absolute atomic E-state index is 11.8. The highest BCUT2D eigenvalue weighted by Crippen LogP contribution is 2.06. The Morgan fingerprint density at radius 3 is 2.53 bits per heavy atom. The first-order chi connectivity index (χ1) is 8.99. The van der Waals surface area contributed by atoms with Crippen LogP contribution in [0.2, 0.25) is 0 Å². The molecule has 0 aromatic heterocycles. The van der Waals surface area contributed by atoms with Crippen molar-refractivity contribution in [2.75, 3.05) is 20.1 Å². The lowest BCUT2D eigenvalue weighted by Crippen LogP contribution is -2.35. The molecule has 1 aromatic carbocycles. The van der Waals surface area contributed by atoms with Crippen LogP contribution in [-0.2, 0) is 20.9 Å². The van der Waals surface area contributed by atoms with Gasteiger partial charge in [-0.05, 0) is 12.6 Å². The van der Waals surface area contributed by atoms with E-state index < -0.39 is 5.91 Å². The average Bonchev–Trinajstić information content (AvgIpc) is 2.36. The van der Waals surface area contributed by atoms with Crippen molar-refractivity contribution >= 4 is 11.9 Å². The molecule has 5 nitrogen and oxygen atoms in total. The Kier molecular flexibility index (Phi) is 6.02. The Balaban J connectivity index is 2.34. The lowest BCUT2D eigenvalue weighted by Gasteiger charge is -2.18. The normalized spacial score (nSPS) is 12.2. The van der Waals surface area contributed by atoms with Crippen LogP contribution in [0.3, 0.4) is 0 Å². The van der Waals surface area contributed by atoms with Crippen LogP contribution >= 0.6 is 0 Å². The van der Waals surface area contributed by atoms with Crippen LogP contribution in [0, 0.1) is 5.92 Å². The third-order valence-electron chi connectivity index (χ3n) is 2.64. The van der Waals surface area contributed by atoms with Gasteiger partial charge in [-0.25, -0.2) is 0 Å². The van der Waals surface area contributed by atoms with Gasteiger partial charge in [0.2, 0.25) is 5.91 Å². The van der Waals surface area contributed by atoms with Gasteiger partial charge in [0.25, 0.3) is 0 Å². The summed E-state index contributed by atoms with van der Waals surface area (Å²) in [5.74, 6) is -0.986. The molecule has 0 bridgehead atoms. The van der Waals surface area contributed by atoms with E-state index in [4.69, 9.17) is 10.5 Å².